The maximum atomic E-state index is 5.76. The fourth-order valence-electron chi connectivity index (χ4n) is 1.97. The first-order chi connectivity index (χ1) is 6.69. The number of ether oxygens (including phenoxy) is 1. The standard InChI is InChI=1S/C11H22N2O/c1-5-13-6-7-14-10(8-13)11(12-4)9(2)3/h10-12H,2,5-8H2,1,3-4H3. The third-order valence-corrected chi connectivity index (χ3v) is 2.84. The van der Waals surface area contributed by atoms with E-state index in [0.717, 1.165) is 31.8 Å². The van der Waals surface area contributed by atoms with Crippen LogP contribution in [0.3, 0.4) is 0 Å². The van der Waals surface area contributed by atoms with Crippen molar-refractivity contribution in [2.45, 2.75) is 26.0 Å². The summed E-state index contributed by atoms with van der Waals surface area (Å²) < 4.78 is 5.76. The van der Waals surface area contributed by atoms with Gasteiger partial charge in [-0.3, -0.25) is 4.90 Å². The van der Waals surface area contributed by atoms with Gasteiger partial charge in [-0.25, -0.2) is 0 Å². The fraction of sp³-hybridized carbons (Fsp3) is 0.818. The quantitative estimate of drug-likeness (QED) is 0.678. The van der Waals surface area contributed by atoms with E-state index in [2.05, 4.69) is 30.6 Å². The Bertz CT molecular complexity index is 194. The van der Waals surface area contributed by atoms with Crippen molar-refractivity contribution < 1.29 is 4.74 Å². The molecule has 0 aromatic heterocycles. The van der Waals surface area contributed by atoms with E-state index in [1.807, 2.05) is 7.05 Å². The Morgan fingerprint density at radius 2 is 2.43 bits per heavy atom. The minimum Gasteiger partial charge on any atom is -0.374 e. The molecule has 0 spiro atoms. The van der Waals surface area contributed by atoms with Gasteiger partial charge in [0, 0.05) is 13.1 Å². The van der Waals surface area contributed by atoms with Gasteiger partial charge in [-0.1, -0.05) is 19.1 Å². The lowest BCUT2D eigenvalue weighted by Gasteiger charge is -2.36. The molecule has 0 aromatic rings. The monoisotopic (exact) mass is 198 g/mol. The van der Waals surface area contributed by atoms with Crippen molar-refractivity contribution in [2.24, 2.45) is 0 Å². The van der Waals surface area contributed by atoms with Gasteiger partial charge in [-0.05, 0) is 20.5 Å². The van der Waals surface area contributed by atoms with Gasteiger partial charge in [0.25, 0.3) is 0 Å². The highest BCUT2D eigenvalue weighted by Crippen LogP contribution is 2.13. The summed E-state index contributed by atoms with van der Waals surface area (Å²) in [7, 11) is 1.97. The first-order valence-electron chi connectivity index (χ1n) is 5.35. The summed E-state index contributed by atoms with van der Waals surface area (Å²) in [6.07, 6.45) is 0.256. The number of morpholine rings is 1. The molecule has 0 aromatic carbocycles. The van der Waals surface area contributed by atoms with Crippen molar-refractivity contribution in [3.8, 4) is 0 Å². The van der Waals surface area contributed by atoms with Crippen LogP contribution in [0.15, 0.2) is 12.2 Å². The van der Waals surface area contributed by atoms with Crippen LogP contribution >= 0.6 is 0 Å². The van der Waals surface area contributed by atoms with E-state index in [0.29, 0.717) is 0 Å². The number of nitrogens with one attached hydrogen (secondary N) is 1. The highest BCUT2D eigenvalue weighted by molar-refractivity contribution is 5.06. The molecule has 0 bridgehead atoms. The number of likely N-dealkylation sites (N-methyl/N-ethyl adjacent to an activating group) is 2. The second kappa shape index (κ2) is 5.49. The molecule has 0 amide bonds. The molecule has 1 rings (SSSR count). The molecule has 0 radical (unpaired) electrons. The van der Waals surface area contributed by atoms with Crippen LogP contribution in [0, 0.1) is 0 Å². The highest BCUT2D eigenvalue weighted by atomic mass is 16.5. The van der Waals surface area contributed by atoms with E-state index in [-0.39, 0.29) is 12.1 Å². The number of hydrogen-bond donors (Lipinski definition) is 1. The zero-order valence-electron chi connectivity index (χ0n) is 9.55. The second-order valence-electron chi connectivity index (χ2n) is 3.92. The van der Waals surface area contributed by atoms with Gasteiger partial charge in [-0.15, -0.1) is 0 Å². The first-order valence-corrected chi connectivity index (χ1v) is 5.35. The summed E-state index contributed by atoms with van der Waals surface area (Å²) in [4.78, 5) is 2.42. The number of nitrogens with zero attached hydrogens (tertiary/aromatic N) is 1. The first kappa shape index (κ1) is 11.7. The van der Waals surface area contributed by atoms with Crippen LogP contribution in [0.5, 0.6) is 0 Å². The lowest BCUT2D eigenvalue weighted by Crippen LogP contribution is -2.51. The van der Waals surface area contributed by atoms with Crippen molar-refractivity contribution in [2.75, 3.05) is 33.3 Å². The van der Waals surface area contributed by atoms with Crippen LogP contribution in [0.25, 0.3) is 0 Å². The molecule has 2 atom stereocenters. The van der Waals surface area contributed by atoms with Crippen LogP contribution in [0.2, 0.25) is 0 Å². The molecule has 1 aliphatic heterocycles. The summed E-state index contributed by atoms with van der Waals surface area (Å²) in [5.74, 6) is 0. The lowest BCUT2D eigenvalue weighted by atomic mass is 10.0. The Morgan fingerprint density at radius 3 is 2.93 bits per heavy atom. The smallest absolute Gasteiger partial charge is 0.0893 e. The van der Waals surface area contributed by atoms with Gasteiger partial charge in [0.2, 0.25) is 0 Å². The molecule has 1 saturated heterocycles. The highest BCUT2D eigenvalue weighted by Gasteiger charge is 2.26. The summed E-state index contributed by atoms with van der Waals surface area (Å²) in [5, 5.41) is 3.26. The largest absolute Gasteiger partial charge is 0.374 e. The molecule has 1 heterocycles. The van der Waals surface area contributed by atoms with Crippen LogP contribution in [-0.2, 0) is 4.74 Å². The molecule has 0 saturated carbocycles. The summed E-state index contributed by atoms with van der Waals surface area (Å²) in [5.41, 5.74) is 1.15. The molecule has 0 aliphatic carbocycles. The van der Waals surface area contributed by atoms with Crippen LogP contribution < -0.4 is 5.32 Å². The van der Waals surface area contributed by atoms with Crippen molar-refractivity contribution >= 4 is 0 Å². The minimum atomic E-state index is 0.256. The van der Waals surface area contributed by atoms with Crippen molar-refractivity contribution in [3.05, 3.63) is 12.2 Å². The molecule has 1 fully saturated rings. The van der Waals surface area contributed by atoms with Gasteiger partial charge in [0.05, 0.1) is 18.8 Å². The van der Waals surface area contributed by atoms with Gasteiger partial charge in [-0.2, -0.15) is 0 Å². The van der Waals surface area contributed by atoms with Crippen LogP contribution in [0.1, 0.15) is 13.8 Å². The summed E-state index contributed by atoms with van der Waals surface area (Å²) in [6.45, 7) is 12.2. The van der Waals surface area contributed by atoms with Gasteiger partial charge in [0.1, 0.15) is 0 Å². The third-order valence-electron chi connectivity index (χ3n) is 2.84. The predicted molar refractivity (Wildman–Crippen MR) is 59.5 cm³/mol. The zero-order chi connectivity index (χ0) is 10.6. The molecule has 1 aliphatic rings. The van der Waals surface area contributed by atoms with Gasteiger partial charge in [0.15, 0.2) is 0 Å². The van der Waals surface area contributed by atoms with Crippen molar-refractivity contribution in [1.82, 2.24) is 10.2 Å². The van der Waals surface area contributed by atoms with Gasteiger partial charge < -0.3 is 10.1 Å². The zero-order valence-corrected chi connectivity index (χ0v) is 9.55. The summed E-state index contributed by atoms with van der Waals surface area (Å²) in [6, 6.07) is 0.282. The lowest BCUT2D eigenvalue weighted by molar-refractivity contribution is -0.0377. The van der Waals surface area contributed by atoms with Crippen LogP contribution in [-0.4, -0.2) is 50.3 Å². The molecule has 82 valence electrons. The molecule has 3 nitrogen and oxygen atoms in total. The van der Waals surface area contributed by atoms with E-state index in [1.54, 1.807) is 0 Å². The average molecular weight is 198 g/mol. The van der Waals surface area contributed by atoms with E-state index < -0.39 is 0 Å². The molecular formula is C11H22N2O. The maximum Gasteiger partial charge on any atom is 0.0893 e. The molecule has 2 unspecified atom stereocenters. The Morgan fingerprint density at radius 1 is 1.71 bits per heavy atom. The molecule has 3 heteroatoms. The SMILES string of the molecule is C=C(C)C(NC)C1CN(CC)CCO1. The number of hydrogen-bond acceptors (Lipinski definition) is 3. The molecular weight excluding hydrogens is 176 g/mol. The third kappa shape index (κ3) is 2.80. The Kier molecular flexibility index (Phi) is 4.58. The Labute approximate surface area is 87.1 Å². The van der Waals surface area contributed by atoms with E-state index >= 15 is 0 Å². The second-order valence-corrected chi connectivity index (χ2v) is 3.92. The number of rotatable bonds is 4. The average Bonchev–Trinajstić information content (AvgIpc) is 2.19. The predicted octanol–water partition coefficient (Wildman–Crippen LogP) is 0.871. The van der Waals surface area contributed by atoms with E-state index in [4.69, 9.17) is 4.74 Å². The molecule has 1 N–H and O–H groups in total. The summed E-state index contributed by atoms with van der Waals surface area (Å²) >= 11 is 0. The van der Waals surface area contributed by atoms with Crippen molar-refractivity contribution in [3.63, 3.8) is 0 Å². The van der Waals surface area contributed by atoms with Crippen LogP contribution in [0.4, 0.5) is 0 Å². The Hall–Kier alpha value is -0.380. The van der Waals surface area contributed by atoms with E-state index in [1.165, 1.54) is 0 Å². The topological polar surface area (TPSA) is 24.5 Å². The Balaban J connectivity index is 2.53. The fourth-order valence-corrected chi connectivity index (χ4v) is 1.97. The molecule has 14 heavy (non-hydrogen) atoms. The maximum absolute atomic E-state index is 5.76. The van der Waals surface area contributed by atoms with Crippen molar-refractivity contribution in [1.29, 1.82) is 0 Å². The van der Waals surface area contributed by atoms with Gasteiger partial charge >= 0.3 is 0 Å². The normalized spacial score (nSPS) is 26.1. The van der Waals surface area contributed by atoms with E-state index in [9.17, 15) is 0 Å². The minimum absolute atomic E-state index is 0.256.